The SMILES string of the molecule is CCNCC1(Cc2cc(Br)cs2)CCC1. The average Bonchev–Trinajstić information content (AvgIpc) is 2.56. The fourth-order valence-electron chi connectivity index (χ4n) is 2.30. The fraction of sp³-hybridized carbons (Fsp3) is 0.667. The van der Waals surface area contributed by atoms with Gasteiger partial charge in [0.1, 0.15) is 0 Å². The first-order valence-electron chi connectivity index (χ1n) is 5.68. The van der Waals surface area contributed by atoms with Crippen LogP contribution in [0.15, 0.2) is 15.9 Å². The maximum Gasteiger partial charge on any atom is 0.0285 e. The number of rotatable bonds is 5. The van der Waals surface area contributed by atoms with Crippen LogP contribution in [0.1, 0.15) is 31.1 Å². The first-order valence-corrected chi connectivity index (χ1v) is 7.35. The van der Waals surface area contributed by atoms with E-state index in [1.165, 1.54) is 41.6 Å². The Kier molecular flexibility index (Phi) is 3.86. The normalized spacial score (nSPS) is 18.8. The molecule has 0 atom stereocenters. The highest BCUT2D eigenvalue weighted by atomic mass is 79.9. The molecule has 0 aliphatic heterocycles. The Labute approximate surface area is 104 Å². The van der Waals surface area contributed by atoms with E-state index in [1.54, 1.807) is 0 Å². The summed E-state index contributed by atoms with van der Waals surface area (Å²) in [6, 6.07) is 2.27. The molecule has 1 aromatic rings. The molecule has 15 heavy (non-hydrogen) atoms. The summed E-state index contributed by atoms with van der Waals surface area (Å²) in [5.41, 5.74) is 0.570. The van der Waals surface area contributed by atoms with E-state index in [4.69, 9.17) is 0 Å². The van der Waals surface area contributed by atoms with E-state index >= 15 is 0 Å². The Hall–Kier alpha value is 0.140. The van der Waals surface area contributed by atoms with Gasteiger partial charge in [0, 0.05) is 21.3 Å². The third kappa shape index (κ3) is 2.83. The Balaban J connectivity index is 1.95. The van der Waals surface area contributed by atoms with E-state index in [2.05, 4.69) is 39.6 Å². The van der Waals surface area contributed by atoms with Gasteiger partial charge >= 0.3 is 0 Å². The molecule has 0 spiro atoms. The lowest BCUT2D eigenvalue weighted by Gasteiger charge is -2.42. The second kappa shape index (κ2) is 4.98. The van der Waals surface area contributed by atoms with E-state index in [0.29, 0.717) is 5.41 Å². The largest absolute Gasteiger partial charge is 0.316 e. The van der Waals surface area contributed by atoms with Gasteiger partial charge in [-0.2, -0.15) is 0 Å². The predicted octanol–water partition coefficient (Wildman–Crippen LogP) is 3.83. The van der Waals surface area contributed by atoms with Gasteiger partial charge in [-0.05, 0) is 53.2 Å². The van der Waals surface area contributed by atoms with E-state index in [0.717, 1.165) is 6.54 Å². The van der Waals surface area contributed by atoms with Crippen LogP contribution in [0.3, 0.4) is 0 Å². The molecule has 0 radical (unpaired) electrons. The lowest BCUT2D eigenvalue weighted by atomic mass is 9.66. The minimum absolute atomic E-state index is 0.570. The van der Waals surface area contributed by atoms with Crippen molar-refractivity contribution in [3.05, 3.63) is 20.8 Å². The summed E-state index contributed by atoms with van der Waals surface area (Å²) in [5, 5.41) is 5.70. The summed E-state index contributed by atoms with van der Waals surface area (Å²) in [7, 11) is 0. The van der Waals surface area contributed by atoms with Crippen molar-refractivity contribution in [2.45, 2.75) is 32.6 Å². The van der Waals surface area contributed by atoms with Crippen molar-refractivity contribution in [1.82, 2.24) is 5.32 Å². The maximum atomic E-state index is 3.53. The van der Waals surface area contributed by atoms with Gasteiger partial charge in [0.25, 0.3) is 0 Å². The zero-order valence-corrected chi connectivity index (χ0v) is 11.6. The van der Waals surface area contributed by atoms with Gasteiger partial charge in [0.2, 0.25) is 0 Å². The summed E-state index contributed by atoms with van der Waals surface area (Å²) in [5.74, 6) is 0. The van der Waals surface area contributed by atoms with Crippen molar-refractivity contribution in [2.75, 3.05) is 13.1 Å². The lowest BCUT2D eigenvalue weighted by Crippen LogP contribution is -2.41. The van der Waals surface area contributed by atoms with Crippen molar-refractivity contribution >= 4 is 27.3 Å². The highest BCUT2D eigenvalue weighted by Crippen LogP contribution is 2.44. The van der Waals surface area contributed by atoms with Crippen molar-refractivity contribution in [1.29, 1.82) is 0 Å². The summed E-state index contributed by atoms with van der Waals surface area (Å²) in [6.45, 7) is 4.48. The molecule has 0 aromatic carbocycles. The Bertz CT molecular complexity index is 317. The summed E-state index contributed by atoms with van der Waals surface area (Å²) < 4.78 is 1.24. The van der Waals surface area contributed by atoms with Crippen molar-refractivity contribution in [2.24, 2.45) is 5.41 Å². The molecule has 3 heteroatoms. The van der Waals surface area contributed by atoms with E-state index < -0.39 is 0 Å². The van der Waals surface area contributed by atoms with Crippen LogP contribution in [0, 0.1) is 5.41 Å². The van der Waals surface area contributed by atoms with Crippen LogP contribution >= 0.6 is 27.3 Å². The van der Waals surface area contributed by atoms with E-state index in [-0.39, 0.29) is 0 Å². The monoisotopic (exact) mass is 287 g/mol. The minimum atomic E-state index is 0.570. The number of nitrogens with one attached hydrogen (secondary N) is 1. The van der Waals surface area contributed by atoms with E-state index in [1.807, 2.05) is 11.3 Å². The Morgan fingerprint density at radius 2 is 2.33 bits per heavy atom. The zero-order valence-electron chi connectivity index (χ0n) is 9.18. The van der Waals surface area contributed by atoms with Crippen molar-refractivity contribution < 1.29 is 0 Å². The summed E-state index contributed by atoms with van der Waals surface area (Å²) in [6.07, 6.45) is 5.47. The second-order valence-electron chi connectivity index (χ2n) is 4.54. The molecule has 0 amide bonds. The average molecular weight is 288 g/mol. The highest BCUT2D eigenvalue weighted by molar-refractivity contribution is 9.10. The number of thiophene rings is 1. The topological polar surface area (TPSA) is 12.0 Å². The molecule has 1 aliphatic rings. The molecule has 1 fully saturated rings. The molecule has 1 aromatic heterocycles. The minimum Gasteiger partial charge on any atom is -0.316 e. The van der Waals surface area contributed by atoms with Gasteiger partial charge < -0.3 is 5.32 Å². The molecule has 0 unspecified atom stereocenters. The molecular weight excluding hydrogens is 270 g/mol. The summed E-state index contributed by atoms with van der Waals surface area (Å²) in [4.78, 5) is 1.53. The van der Waals surface area contributed by atoms with Gasteiger partial charge in [0.15, 0.2) is 0 Å². The van der Waals surface area contributed by atoms with Crippen LogP contribution in [0.5, 0.6) is 0 Å². The first kappa shape index (κ1) is 11.6. The van der Waals surface area contributed by atoms with Crippen LogP contribution < -0.4 is 5.32 Å². The van der Waals surface area contributed by atoms with Crippen LogP contribution in [-0.4, -0.2) is 13.1 Å². The Morgan fingerprint density at radius 1 is 1.53 bits per heavy atom. The fourth-order valence-corrected chi connectivity index (χ4v) is 3.92. The van der Waals surface area contributed by atoms with Crippen LogP contribution in [0.4, 0.5) is 0 Å². The molecule has 84 valence electrons. The predicted molar refractivity (Wildman–Crippen MR) is 70.6 cm³/mol. The standard InChI is InChI=1S/C12H18BrNS/c1-2-14-9-12(4-3-5-12)7-11-6-10(13)8-15-11/h6,8,14H,2-5,7,9H2,1H3. The molecule has 1 N–H and O–H groups in total. The van der Waals surface area contributed by atoms with Gasteiger partial charge in [-0.25, -0.2) is 0 Å². The Morgan fingerprint density at radius 3 is 2.80 bits per heavy atom. The lowest BCUT2D eigenvalue weighted by molar-refractivity contribution is 0.132. The molecule has 1 nitrogen and oxygen atoms in total. The first-order chi connectivity index (χ1) is 7.24. The summed E-state index contributed by atoms with van der Waals surface area (Å²) >= 11 is 5.41. The molecule has 0 saturated heterocycles. The van der Waals surface area contributed by atoms with E-state index in [9.17, 15) is 0 Å². The number of halogens is 1. The molecule has 0 bridgehead atoms. The smallest absolute Gasteiger partial charge is 0.0285 e. The van der Waals surface area contributed by atoms with Gasteiger partial charge in [-0.15, -0.1) is 11.3 Å². The van der Waals surface area contributed by atoms with Crippen LogP contribution in [0.2, 0.25) is 0 Å². The van der Waals surface area contributed by atoms with Gasteiger partial charge in [-0.3, -0.25) is 0 Å². The molecular formula is C12H18BrNS. The molecule has 1 aliphatic carbocycles. The number of hydrogen-bond acceptors (Lipinski definition) is 2. The highest BCUT2D eigenvalue weighted by Gasteiger charge is 2.36. The molecule has 1 heterocycles. The van der Waals surface area contributed by atoms with Gasteiger partial charge in [-0.1, -0.05) is 13.3 Å². The number of hydrogen-bond donors (Lipinski definition) is 1. The van der Waals surface area contributed by atoms with Gasteiger partial charge in [0.05, 0.1) is 0 Å². The molecule has 2 rings (SSSR count). The zero-order chi connectivity index (χ0) is 10.7. The maximum absolute atomic E-state index is 3.53. The quantitative estimate of drug-likeness (QED) is 0.868. The van der Waals surface area contributed by atoms with Crippen LogP contribution in [0.25, 0.3) is 0 Å². The third-order valence-electron chi connectivity index (χ3n) is 3.34. The second-order valence-corrected chi connectivity index (χ2v) is 6.45. The van der Waals surface area contributed by atoms with Crippen LogP contribution in [-0.2, 0) is 6.42 Å². The van der Waals surface area contributed by atoms with Crippen molar-refractivity contribution in [3.8, 4) is 0 Å². The molecule has 1 saturated carbocycles. The third-order valence-corrected chi connectivity index (χ3v) is 5.03. The van der Waals surface area contributed by atoms with Crippen molar-refractivity contribution in [3.63, 3.8) is 0 Å².